The van der Waals surface area contributed by atoms with Gasteiger partial charge in [0.05, 0.1) is 12.4 Å². The minimum Gasteiger partial charge on any atom is -0.381 e. The van der Waals surface area contributed by atoms with Gasteiger partial charge in [-0.2, -0.15) is 0 Å². The second-order valence-corrected chi connectivity index (χ2v) is 8.81. The Bertz CT molecular complexity index is 621. The highest BCUT2D eigenvalue weighted by molar-refractivity contribution is 7.91. The molecule has 1 aromatic rings. The van der Waals surface area contributed by atoms with Gasteiger partial charge in [-0.1, -0.05) is 0 Å². The summed E-state index contributed by atoms with van der Waals surface area (Å²) < 4.78 is 52.8. The monoisotopic (exact) mass is 342 g/mol. The van der Waals surface area contributed by atoms with Crippen molar-refractivity contribution < 1.29 is 21.6 Å². The number of rotatable bonds is 9. The predicted molar refractivity (Wildman–Crippen MR) is 77.7 cm³/mol. The summed E-state index contributed by atoms with van der Waals surface area (Å²) in [6.07, 6.45) is 0.411. The number of primary sulfonamides is 1. The van der Waals surface area contributed by atoms with Crippen LogP contribution < -0.4 is 9.86 Å². The molecule has 0 fully saturated rings. The Kier molecular flexibility index (Phi) is 6.55. The van der Waals surface area contributed by atoms with Crippen molar-refractivity contribution in [1.82, 2.24) is 4.72 Å². The van der Waals surface area contributed by atoms with E-state index in [4.69, 9.17) is 9.88 Å². The maximum atomic E-state index is 11.6. The van der Waals surface area contributed by atoms with E-state index in [2.05, 4.69) is 4.72 Å². The summed E-state index contributed by atoms with van der Waals surface area (Å²) in [5.74, 6) is -0.0896. The van der Waals surface area contributed by atoms with Gasteiger partial charge in [0.25, 0.3) is 0 Å². The molecule has 0 unspecified atom stereocenters. The third-order valence-electron chi connectivity index (χ3n) is 2.31. The molecule has 0 spiro atoms. The van der Waals surface area contributed by atoms with Crippen molar-refractivity contribution in [1.29, 1.82) is 0 Å². The Labute approximate surface area is 123 Å². The molecule has 0 amide bonds. The minimum atomic E-state index is -3.69. The number of nitrogens with one attached hydrogen (secondary N) is 1. The zero-order valence-electron chi connectivity index (χ0n) is 11.0. The fraction of sp³-hybridized carbons (Fsp3) is 0.600. The smallest absolute Gasteiger partial charge is 0.247 e. The lowest BCUT2D eigenvalue weighted by Gasteiger charge is -2.05. The van der Waals surface area contributed by atoms with Crippen molar-refractivity contribution in [2.24, 2.45) is 5.14 Å². The summed E-state index contributed by atoms with van der Waals surface area (Å²) in [7, 11) is -7.05. The van der Waals surface area contributed by atoms with Gasteiger partial charge in [-0.15, -0.1) is 11.3 Å². The van der Waals surface area contributed by atoms with Crippen molar-refractivity contribution in [3.05, 3.63) is 17.0 Å². The Balaban J connectivity index is 2.43. The highest BCUT2D eigenvalue weighted by Crippen LogP contribution is 2.20. The lowest BCUT2D eigenvalue weighted by atomic mass is 10.3. The van der Waals surface area contributed by atoms with Gasteiger partial charge in [-0.25, -0.2) is 26.7 Å². The Morgan fingerprint density at radius 1 is 1.30 bits per heavy atom. The third kappa shape index (κ3) is 6.29. The molecule has 20 heavy (non-hydrogen) atoms. The predicted octanol–water partition coefficient (Wildman–Crippen LogP) is -0.106. The second-order valence-electron chi connectivity index (χ2n) is 3.93. The van der Waals surface area contributed by atoms with Crippen LogP contribution in [0.25, 0.3) is 0 Å². The zero-order valence-corrected chi connectivity index (χ0v) is 13.5. The SMILES string of the molecule is CCOCCS(=O)(=O)NCCc1ccc(S(N)(=O)=O)s1. The normalized spacial score (nSPS) is 12.7. The van der Waals surface area contributed by atoms with Crippen LogP contribution >= 0.6 is 11.3 Å². The van der Waals surface area contributed by atoms with Crippen LogP contribution in [-0.2, 0) is 31.2 Å². The topological polar surface area (TPSA) is 116 Å². The molecular weight excluding hydrogens is 324 g/mol. The van der Waals surface area contributed by atoms with Crippen LogP contribution in [0.1, 0.15) is 11.8 Å². The maximum Gasteiger partial charge on any atom is 0.247 e. The number of nitrogens with two attached hydrogens (primary N) is 1. The number of ether oxygens (including phenoxy) is 1. The van der Waals surface area contributed by atoms with Crippen molar-refractivity contribution in [2.75, 3.05) is 25.5 Å². The first-order valence-electron chi connectivity index (χ1n) is 5.91. The van der Waals surface area contributed by atoms with Crippen LogP contribution in [0, 0.1) is 0 Å². The highest BCUT2D eigenvalue weighted by Gasteiger charge is 2.12. The molecule has 0 bridgehead atoms. The molecule has 3 N–H and O–H groups in total. The quantitative estimate of drug-likeness (QED) is 0.608. The Hall–Kier alpha value is -0.520. The van der Waals surface area contributed by atoms with E-state index in [1.54, 1.807) is 13.0 Å². The van der Waals surface area contributed by atoms with E-state index in [-0.39, 0.29) is 23.1 Å². The third-order valence-corrected chi connectivity index (χ3v) is 6.24. The molecule has 0 atom stereocenters. The molecule has 0 aliphatic heterocycles. The van der Waals surface area contributed by atoms with E-state index in [0.717, 1.165) is 16.2 Å². The molecular formula is C10H18N2O5S3. The van der Waals surface area contributed by atoms with Gasteiger partial charge < -0.3 is 4.74 Å². The fourth-order valence-electron chi connectivity index (χ4n) is 1.36. The first kappa shape index (κ1) is 17.5. The van der Waals surface area contributed by atoms with Gasteiger partial charge in [-0.05, 0) is 25.5 Å². The summed E-state index contributed by atoms with van der Waals surface area (Å²) >= 11 is 1.04. The standard InChI is InChI=1S/C10H18N2O5S3/c1-2-17-7-8-19(13,14)12-6-5-9-3-4-10(18-9)20(11,15)16/h3-4,12H,2,5-8H2,1H3,(H2,11,15,16). The fourth-order valence-corrected chi connectivity index (χ4v) is 4.03. The summed E-state index contributed by atoms with van der Waals surface area (Å²) in [5, 5.41) is 4.99. The van der Waals surface area contributed by atoms with E-state index >= 15 is 0 Å². The molecule has 0 saturated carbocycles. The molecule has 116 valence electrons. The molecule has 1 rings (SSSR count). The van der Waals surface area contributed by atoms with Crippen LogP contribution in [0.15, 0.2) is 16.3 Å². The average molecular weight is 342 g/mol. The van der Waals surface area contributed by atoms with Crippen molar-refractivity contribution >= 4 is 31.4 Å². The van der Waals surface area contributed by atoms with Crippen LogP contribution in [0.3, 0.4) is 0 Å². The van der Waals surface area contributed by atoms with Crippen LogP contribution in [0.5, 0.6) is 0 Å². The Morgan fingerprint density at radius 3 is 2.55 bits per heavy atom. The molecule has 10 heteroatoms. The number of hydrogen-bond donors (Lipinski definition) is 2. The summed E-state index contributed by atoms with van der Waals surface area (Å²) in [5.41, 5.74) is 0. The van der Waals surface area contributed by atoms with E-state index in [1.807, 2.05) is 0 Å². The molecule has 0 saturated heterocycles. The van der Waals surface area contributed by atoms with E-state index in [1.165, 1.54) is 6.07 Å². The second kappa shape index (κ2) is 7.48. The number of hydrogen-bond acceptors (Lipinski definition) is 6. The maximum absolute atomic E-state index is 11.6. The van der Waals surface area contributed by atoms with Gasteiger partial charge in [-0.3, -0.25) is 0 Å². The van der Waals surface area contributed by atoms with Gasteiger partial charge in [0.1, 0.15) is 4.21 Å². The van der Waals surface area contributed by atoms with Gasteiger partial charge in [0.2, 0.25) is 20.0 Å². The minimum absolute atomic E-state index is 0.0757. The van der Waals surface area contributed by atoms with Crippen LogP contribution in [-0.4, -0.2) is 42.3 Å². The molecule has 1 heterocycles. The van der Waals surface area contributed by atoms with Gasteiger partial charge >= 0.3 is 0 Å². The van der Waals surface area contributed by atoms with Crippen molar-refractivity contribution in [3.8, 4) is 0 Å². The van der Waals surface area contributed by atoms with E-state index in [9.17, 15) is 16.8 Å². The molecule has 0 aliphatic rings. The Morgan fingerprint density at radius 2 is 2.00 bits per heavy atom. The highest BCUT2D eigenvalue weighted by atomic mass is 32.2. The van der Waals surface area contributed by atoms with Crippen molar-refractivity contribution in [2.45, 2.75) is 17.6 Å². The number of sulfonamides is 2. The average Bonchev–Trinajstić information content (AvgIpc) is 2.77. The van der Waals surface area contributed by atoms with Crippen LogP contribution in [0.4, 0.5) is 0 Å². The molecule has 0 aromatic carbocycles. The van der Waals surface area contributed by atoms with E-state index < -0.39 is 20.0 Å². The first-order valence-corrected chi connectivity index (χ1v) is 9.92. The lowest BCUT2D eigenvalue weighted by molar-refractivity contribution is 0.163. The van der Waals surface area contributed by atoms with Gasteiger partial charge in [0.15, 0.2) is 0 Å². The van der Waals surface area contributed by atoms with Crippen LogP contribution in [0.2, 0.25) is 0 Å². The molecule has 0 radical (unpaired) electrons. The molecule has 1 aromatic heterocycles. The van der Waals surface area contributed by atoms with Gasteiger partial charge in [0, 0.05) is 18.0 Å². The van der Waals surface area contributed by atoms with Crippen molar-refractivity contribution in [3.63, 3.8) is 0 Å². The number of thiophene rings is 1. The summed E-state index contributed by atoms with van der Waals surface area (Å²) in [6, 6.07) is 3.04. The molecule has 0 aliphatic carbocycles. The lowest BCUT2D eigenvalue weighted by Crippen LogP contribution is -2.30. The zero-order chi connectivity index (χ0) is 15.2. The summed E-state index contributed by atoms with van der Waals surface area (Å²) in [6.45, 7) is 2.63. The molecule has 7 nitrogen and oxygen atoms in total. The first-order chi connectivity index (χ1) is 9.24. The largest absolute Gasteiger partial charge is 0.381 e. The van der Waals surface area contributed by atoms with E-state index in [0.29, 0.717) is 13.0 Å². The summed E-state index contributed by atoms with van der Waals surface area (Å²) in [4.78, 5) is 0.751.